The molecule has 0 saturated carbocycles. The fraction of sp³-hybridized carbons (Fsp3) is 0.263. The topological polar surface area (TPSA) is 94.3 Å². The number of aryl methyl sites for hydroxylation is 1. The third-order valence-corrected chi connectivity index (χ3v) is 5.33. The SMILES string of the molecule is COc1cccc(-c2nnc(CCNS(=O)(=O)CCc3ccccc3)o2)c1. The monoisotopic (exact) mass is 387 g/mol. The molecule has 0 radical (unpaired) electrons. The molecular weight excluding hydrogens is 366 g/mol. The molecule has 1 N–H and O–H groups in total. The zero-order valence-corrected chi connectivity index (χ0v) is 15.8. The molecule has 2 aromatic carbocycles. The summed E-state index contributed by atoms with van der Waals surface area (Å²) in [6, 6.07) is 16.8. The Morgan fingerprint density at radius 1 is 1.04 bits per heavy atom. The summed E-state index contributed by atoms with van der Waals surface area (Å²) in [5.41, 5.74) is 1.74. The molecule has 0 amide bonds. The molecule has 8 heteroatoms. The van der Waals surface area contributed by atoms with Crippen LogP contribution in [0.4, 0.5) is 0 Å². The minimum atomic E-state index is -3.36. The summed E-state index contributed by atoms with van der Waals surface area (Å²) < 4.78 is 37.5. The van der Waals surface area contributed by atoms with E-state index in [9.17, 15) is 8.42 Å². The Bertz CT molecular complexity index is 971. The molecule has 0 aliphatic heterocycles. The van der Waals surface area contributed by atoms with Crippen LogP contribution in [0.15, 0.2) is 59.0 Å². The van der Waals surface area contributed by atoms with E-state index in [1.54, 1.807) is 13.2 Å². The normalized spacial score (nSPS) is 11.4. The van der Waals surface area contributed by atoms with Crippen LogP contribution in [0.25, 0.3) is 11.5 Å². The van der Waals surface area contributed by atoms with Gasteiger partial charge in [0.25, 0.3) is 0 Å². The molecule has 0 unspecified atom stereocenters. The Balaban J connectivity index is 1.51. The summed E-state index contributed by atoms with van der Waals surface area (Å²) in [5.74, 6) is 1.48. The highest BCUT2D eigenvalue weighted by atomic mass is 32.2. The molecule has 3 aromatic rings. The molecule has 0 bridgehead atoms. The Morgan fingerprint density at radius 2 is 1.85 bits per heavy atom. The molecule has 7 nitrogen and oxygen atoms in total. The van der Waals surface area contributed by atoms with Crippen molar-refractivity contribution >= 4 is 10.0 Å². The fourth-order valence-electron chi connectivity index (χ4n) is 2.51. The Labute approximate surface area is 158 Å². The largest absolute Gasteiger partial charge is 0.497 e. The van der Waals surface area contributed by atoms with E-state index in [2.05, 4.69) is 14.9 Å². The fourth-order valence-corrected chi connectivity index (χ4v) is 3.57. The second-order valence-corrected chi connectivity index (χ2v) is 7.86. The number of methoxy groups -OCH3 is 1. The van der Waals surface area contributed by atoms with Crippen molar-refractivity contribution in [2.24, 2.45) is 0 Å². The summed E-state index contributed by atoms with van der Waals surface area (Å²) in [6.07, 6.45) is 0.790. The highest BCUT2D eigenvalue weighted by Crippen LogP contribution is 2.22. The quantitative estimate of drug-likeness (QED) is 0.606. The highest BCUT2D eigenvalue weighted by Gasteiger charge is 2.13. The number of nitrogens with zero attached hydrogens (tertiary/aromatic N) is 2. The molecule has 1 heterocycles. The van der Waals surface area contributed by atoms with Gasteiger partial charge in [0, 0.05) is 18.5 Å². The van der Waals surface area contributed by atoms with E-state index < -0.39 is 10.0 Å². The maximum Gasteiger partial charge on any atom is 0.247 e. The van der Waals surface area contributed by atoms with Crippen LogP contribution in [-0.2, 0) is 22.9 Å². The summed E-state index contributed by atoms with van der Waals surface area (Å²) in [4.78, 5) is 0. The maximum absolute atomic E-state index is 12.1. The summed E-state index contributed by atoms with van der Waals surface area (Å²) in [5, 5.41) is 7.97. The van der Waals surface area contributed by atoms with Crippen LogP contribution in [0.5, 0.6) is 5.75 Å². The van der Waals surface area contributed by atoms with E-state index in [0.29, 0.717) is 30.4 Å². The first-order valence-electron chi connectivity index (χ1n) is 8.54. The van der Waals surface area contributed by atoms with Crippen molar-refractivity contribution in [3.63, 3.8) is 0 Å². The Morgan fingerprint density at radius 3 is 2.63 bits per heavy atom. The van der Waals surface area contributed by atoms with Crippen molar-refractivity contribution in [3.8, 4) is 17.2 Å². The van der Waals surface area contributed by atoms with Gasteiger partial charge in [0.2, 0.25) is 21.8 Å². The minimum Gasteiger partial charge on any atom is -0.497 e. The van der Waals surface area contributed by atoms with Crippen molar-refractivity contribution in [1.29, 1.82) is 0 Å². The first-order chi connectivity index (χ1) is 13.1. The summed E-state index contributed by atoms with van der Waals surface area (Å²) >= 11 is 0. The summed E-state index contributed by atoms with van der Waals surface area (Å²) in [7, 11) is -1.78. The van der Waals surface area contributed by atoms with Crippen molar-refractivity contribution in [3.05, 3.63) is 66.1 Å². The number of ether oxygens (including phenoxy) is 1. The smallest absolute Gasteiger partial charge is 0.247 e. The van der Waals surface area contributed by atoms with E-state index in [1.807, 2.05) is 48.5 Å². The molecule has 0 aliphatic carbocycles. The molecule has 0 saturated heterocycles. The zero-order chi connectivity index (χ0) is 19.1. The molecule has 27 heavy (non-hydrogen) atoms. The van der Waals surface area contributed by atoms with Crippen LogP contribution >= 0.6 is 0 Å². The van der Waals surface area contributed by atoms with Crippen LogP contribution in [0.3, 0.4) is 0 Å². The van der Waals surface area contributed by atoms with E-state index >= 15 is 0 Å². The second-order valence-electron chi connectivity index (χ2n) is 5.93. The molecule has 142 valence electrons. The maximum atomic E-state index is 12.1. The number of hydrogen-bond acceptors (Lipinski definition) is 6. The van der Waals surface area contributed by atoms with E-state index in [1.165, 1.54) is 0 Å². The summed E-state index contributed by atoms with van der Waals surface area (Å²) in [6.45, 7) is 0.205. The molecule has 0 spiro atoms. The number of nitrogens with one attached hydrogen (secondary N) is 1. The van der Waals surface area contributed by atoms with Gasteiger partial charge in [0.1, 0.15) is 5.75 Å². The lowest BCUT2D eigenvalue weighted by Gasteiger charge is -2.05. The van der Waals surface area contributed by atoms with Gasteiger partial charge in [-0.05, 0) is 30.2 Å². The van der Waals surface area contributed by atoms with E-state index in [4.69, 9.17) is 9.15 Å². The van der Waals surface area contributed by atoms with Crippen LogP contribution < -0.4 is 9.46 Å². The lowest BCUT2D eigenvalue weighted by atomic mass is 10.2. The van der Waals surface area contributed by atoms with Crippen LogP contribution in [-0.4, -0.2) is 38.0 Å². The number of aromatic nitrogens is 2. The van der Waals surface area contributed by atoms with E-state index in [0.717, 1.165) is 11.1 Å². The Hall–Kier alpha value is -2.71. The van der Waals surface area contributed by atoms with Crippen LogP contribution in [0.2, 0.25) is 0 Å². The van der Waals surface area contributed by atoms with Gasteiger partial charge < -0.3 is 9.15 Å². The second kappa shape index (κ2) is 8.79. The predicted molar refractivity (Wildman–Crippen MR) is 102 cm³/mol. The minimum absolute atomic E-state index is 0.0376. The van der Waals surface area contributed by atoms with Crippen LogP contribution in [0, 0.1) is 0 Å². The zero-order valence-electron chi connectivity index (χ0n) is 15.0. The van der Waals surface area contributed by atoms with Gasteiger partial charge in [-0.15, -0.1) is 10.2 Å². The van der Waals surface area contributed by atoms with Gasteiger partial charge in [-0.1, -0.05) is 36.4 Å². The standard InChI is InChI=1S/C19H21N3O4S/c1-25-17-9-5-8-16(14-17)19-22-21-18(26-19)10-12-20-27(23,24)13-11-15-6-3-2-4-7-15/h2-9,14,20H,10-13H2,1H3. The molecule has 0 aliphatic rings. The average Bonchev–Trinajstić information content (AvgIpc) is 3.16. The molecule has 0 atom stereocenters. The number of rotatable bonds is 9. The van der Waals surface area contributed by atoms with Crippen LogP contribution in [0.1, 0.15) is 11.5 Å². The third kappa shape index (κ3) is 5.63. The van der Waals surface area contributed by atoms with Gasteiger partial charge in [-0.3, -0.25) is 0 Å². The number of benzene rings is 2. The number of sulfonamides is 1. The lowest BCUT2D eigenvalue weighted by molar-refractivity contribution is 0.414. The highest BCUT2D eigenvalue weighted by molar-refractivity contribution is 7.89. The number of hydrogen-bond donors (Lipinski definition) is 1. The first-order valence-corrected chi connectivity index (χ1v) is 10.2. The first kappa shape index (κ1) is 19.1. The molecule has 3 rings (SSSR count). The predicted octanol–water partition coefficient (Wildman–Crippen LogP) is 2.45. The van der Waals surface area contributed by atoms with E-state index in [-0.39, 0.29) is 12.3 Å². The van der Waals surface area contributed by atoms with Crippen molar-refractivity contribution in [2.45, 2.75) is 12.8 Å². The van der Waals surface area contributed by atoms with Crippen molar-refractivity contribution < 1.29 is 17.6 Å². The molecule has 1 aromatic heterocycles. The van der Waals surface area contributed by atoms with Gasteiger partial charge in [-0.25, -0.2) is 13.1 Å². The molecule has 0 fully saturated rings. The van der Waals surface area contributed by atoms with Crippen molar-refractivity contribution in [1.82, 2.24) is 14.9 Å². The third-order valence-electron chi connectivity index (χ3n) is 3.95. The van der Waals surface area contributed by atoms with Gasteiger partial charge in [-0.2, -0.15) is 0 Å². The van der Waals surface area contributed by atoms with Gasteiger partial charge in [0.15, 0.2) is 0 Å². The van der Waals surface area contributed by atoms with Gasteiger partial charge in [0.05, 0.1) is 12.9 Å². The van der Waals surface area contributed by atoms with Crippen molar-refractivity contribution in [2.75, 3.05) is 19.4 Å². The average molecular weight is 387 g/mol. The Kier molecular flexibility index (Phi) is 6.20. The molecular formula is C19H21N3O4S. The lowest BCUT2D eigenvalue weighted by Crippen LogP contribution is -2.29. The van der Waals surface area contributed by atoms with Gasteiger partial charge >= 0.3 is 0 Å².